The second-order valence-corrected chi connectivity index (χ2v) is 7.16. The SMILES string of the molecule is CC1(CO)C=CCCN1C(=O)OCC1c2ccccc2-c2ccccc21. The lowest BCUT2D eigenvalue weighted by atomic mass is 9.96. The van der Waals surface area contributed by atoms with Crippen molar-refractivity contribution in [1.82, 2.24) is 4.90 Å². The molecule has 0 fully saturated rings. The molecule has 4 nitrogen and oxygen atoms in total. The molecule has 1 heterocycles. The molecule has 1 aliphatic heterocycles. The Labute approximate surface area is 153 Å². The van der Waals surface area contributed by atoms with Crippen LogP contribution in [0.5, 0.6) is 0 Å². The molecule has 1 atom stereocenters. The van der Waals surface area contributed by atoms with Crippen LogP contribution in [0.25, 0.3) is 11.1 Å². The molecule has 0 spiro atoms. The number of ether oxygens (including phenoxy) is 1. The number of aliphatic hydroxyl groups excluding tert-OH is 1. The summed E-state index contributed by atoms with van der Waals surface area (Å²) in [5.41, 5.74) is 4.13. The number of hydrogen-bond donors (Lipinski definition) is 1. The average Bonchev–Trinajstić information content (AvgIpc) is 3.00. The highest BCUT2D eigenvalue weighted by molar-refractivity contribution is 5.79. The van der Waals surface area contributed by atoms with Gasteiger partial charge in [-0.15, -0.1) is 0 Å². The Hall–Kier alpha value is -2.59. The summed E-state index contributed by atoms with van der Waals surface area (Å²) in [5.74, 6) is 0.0482. The zero-order valence-corrected chi connectivity index (χ0v) is 14.9. The van der Waals surface area contributed by atoms with E-state index in [1.165, 1.54) is 22.3 Å². The van der Waals surface area contributed by atoms with Gasteiger partial charge in [-0.2, -0.15) is 0 Å². The Balaban J connectivity index is 1.55. The van der Waals surface area contributed by atoms with Gasteiger partial charge < -0.3 is 9.84 Å². The molecule has 4 heteroatoms. The fourth-order valence-corrected chi connectivity index (χ4v) is 4.00. The molecule has 2 aromatic carbocycles. The van der Waals surface area contributed by atoms with Crippen LogP contribution in [0.3, 0.4) is 0 Å². The van der Waals surface area contributed by atoms with Crippen LogP contribution in [0.4, 0.5) is 4.79 Å². The first-order valence-corrected chi connectivity index (χ1v) is 9.05. The Morgan fingerprint density at radius 3 is 2.38 bits per heavy atom. The summed E-state index contributed by atoms with van der Waals surface area (Å²) in [4.78, 5) is 14.3. The quantitative estimate of drug-likeness (QED) is 0.854. The Morgan fingerprint density at radius 2 is 1.77 bits per heavy atom. The molecule has 0 saturated heterocycles. The standard InChI is InChI=1S/C22H23NO3/c1-22(15-24)12-6-7-13-23(22)21(25)26-14-20-18-10-4-2-8-16(18)17-9-3-5-11-19(17)20/h2-6,8-12,20,24H,7,13-15H2,1H3. The molecule has 26 heavy (non-hydrogen) atoms. The van der Waals surface area contributed by atoms with Crippen molar-refractivity contribution in [2.24, 2.45) is 0 Å². The van der Waals surface area contributed by atoms with Gasteiger partial charge in [0.2, 0.25) is 0 Å². The molecule has 0 radical (unpaired) electrons. The number of amides is 1. The summed E-state index contributed by atoms with van der Waals surface area (Å²) >= 11 is 0. The van der Waals surface area contributed by atoms with E-state index in [1.54, 1.807) is 4.90 Å². The Kier molecular flexibility index (Phi) is 4.29. The van der Waals surface area contributed by atoms with Gasteiger partial charge in [-0.1, -0.05) is 60.7 Å². The van der Waals surface area contributed by atoms with Crippen LogP contribution in [-0.4, -0.2) is 41.4 Å². The molecule has 2 aliphatic rings. The Bertz CT molecular complexity index is 814. The maximum absolute atomic E-state index is 12.7. The summed E-state index contributed by atoms with van der Waals surface area (Å²) in [6, 6.07) is 16.6. The third-order valence-corrected chi connectivity index (χ3v) is 5.49. The van der Waals surface area contributed by atoms with Gasteiger partial charge in [0.15, 0.2) is 0 Å². The number of rotatable bonds is 3. The highest BCUT2D eigenvalue weighted by Crippen LogP contribution is 2.44. The summed E-state index contributed by atoms with van der Waals surface area (Å²) < 4.78 is 5.72. The zero-order chi connectivity index (χ0) is 18.1. The van der Waals surface area contributed by atoms with Gasteiger partial charge in [-0.25, -0.2) is 4.79 Å². The minimum atomic E-state index is -0.694. The van der Waals surface area contributed by atoms with Crippen LogP contribution in [0.2, 0.25) is 0 Å². The zero-order valence-electron chi connectivity index (χ0n) is 14.9. The van der Waals surface area contributed by atoms with Gasteiger partial charge in [0.1, 0.15) is 6.61 Å². The molecule has 4 rings (SSSR count). The van der Waals surface area contributed by atoms with Gasteiger partial charge in [-0.3, -0.25) is 4.90 Å². The lowest BCUT2D eigenvalue weighted by molar-refractivity contribution is 0.0434. The minimum Gasteiger partial charge on any atom is -0.448 e. The van der Waals surface area contributed by atoms with E-state index < -0.39 is 5.54 Å². The normalized spacial score (nSPS) is 21.4. The van der Waals surface area contributed by atoms with Gasteiger partial charge in [0, 0.05) is 12.5 Å². The van der Waals surface area contributed by atoms with Crippen LogP contribution >= 0.6 is 0 Å². The largest absolute Gasteiger partial charge is 0.448 e. The van der Waals surface area contributed by atoms with E-state index in [2.05, 4.69) is 24.3 Å². The third kappa shape index (κ3) is 2.71. The minimum absolute atomic E-state index is 0.0482. The van der Waals surface area contributed by atoms with Crippen molar-refractivity contribution in [3.8, 4) is 11.1 Å². The molecule has 0 bridgehead atoms. The first-order chi connectivity index (χ1) is 12.6. The number of nitrogens with zero attached hydrogens (tertiary/aromatic N) is 1. The molecule has 0 aromatic heterocycles. The van der Waals surface area contributed by atoms with Crippen molar-refractivity contribution in [3.05, 3.63) is 71.8 Å². The molecule has 1 amide bonds. The van der Waals surface area contributed by atoms with Crippen LogP contribution in [0.1, 0.15) is 30.4 Å². The van der Waals surface area contributed by atoms with Gasteiger partial charge in [0.25, 0.3) is 0 Å². The van der Waals surface area contributed by atoms with Crippen molar-refractivity contribution < 1.29 is 14.6 Å². The summed E-state index contributed by atoms with van der Waals surface area (Å²) in [6.45, 7) is 2.59. The second-order valence-electron chi connectivity index (χ2n) is 7.16. The van der Waals surface area contributed by atoms with E-state index in [4.69, 9.17) is 4.74 Å². The fraction of sp³-hybridized carbons (Fsp3) is 0.318. The van der Waals surface area contributed by atoms with Gasteiger partial charge >= 0.3 is 6.09 Å². The summed E-state index contributed by atoms with van der Waals surface area (Å²) in [7, 11) is 0. The van der Waals surface area contributed by atoms with Crippen molar-refractivity contribution in [1.29, 1.82) is 0 Å². The molecule has 2 aromatic rings. The number of hydrogen-bond acceptors (Lipinski definition) is 3. The van der Waals surface area contributed by atoms with Crippen molar-refractivity contribution in [3.63, 3.8) is 0 Å². The number of carbonyl (C=O) groups is 1. The van der Waals surface area contributed by atoms with E-state index in [1.807, 2.05) is 43.3 Å². The van der Waals surface area contributed by atoms with E-state index in [0.717, 1.165) is 6.42 Å². The average molecular weight is 349 g/mol. The topological polar surface area (TPSA) is 49.8 Å². The molecule has 1 N–H and O–H groups in total. The van der Waals surface area contributed by atoms with E-state index in [-0.39, 0.29) is 18.6 Å². The molecule has 0 saturated carbocycles. The van der Waals surface area contributed by atoms with Gasteiger partial charge in [-0.05, 0) is 35.6 Å². The maximum atomic E-state index is 12.7. The number of fused-ring (bicyclic) bond motifs is 3. The van der Waals surface area contributed by atoms with Crippen LogP contribution in [-0.2, 0) is 4.74 Å². The molecule has 1 aliphatic carbocycles. The predicted molar refractivity (Wildman–Crippen MR) is 101 cm³/mol. The number of benzene rings is 2. The lowest BCUT2D eigenvalue weighted by Gasteiger charge is -2.39. The first-order valence-electron chi connectivity index (χ1n) is 9.05. The lowest BCUT2D eigenvalue weighted by Crippen LogP contribution is -2.53. The fourth-order valence-electron chi connectivity index (χ4n) is 4.00. The number of carbonyl (C=O) groups excluding carboxylic acids is 1. The monoisotopic (exact) mass is 349 g/mol. The highest BCUT2D eigenvalue weighted by Gasteiger charge is 2.36. The second kappa shape index (κ2) is 6.61. The van der Waals surface area contributed by atoms with E-state index >= 15 is 0 Å². The summed E-state index contributed by atoms with van der Waals surface area (Å²) in [5, 5.41) is 9.71. The third-order valence-electron chi connectivity index (χ3n) is 5.49. The van der Waals surface area contributed by atoms with E-state index in [0.29, 0.717) is 13.2 Å². The van der Waals surface area contributed by atoms with Crippen molar-refractivity contribution in [2.75, 3.05) is 19.8 Å². The first kappa shape index (κ1) is 16.9. The van der Waals surface area contributed by atoms with Gasteiger partial charge in [0.05, 0.1) is 12.1 Å². The Morgan fingerprint density at radius 1 is 1.15 bits per heavy atom. The van der Waals surface area contributed by atoms with Crippen LogP contribution < -0.4 is 0 Å². The molecular formula is C22H23NO3. The highest BCUT2D eigenvalue weighted by atomic mass is 16.6. The molecule has 134 valence electrons. The van der Waals surface area contributed by atoms with Crippen molar-refractivity contribution in [2.45, 2.75) is 24.8 Å². The molecule has 1 unspecified atom stereocenters. The maximum Gasteiger partial charge on any atom is 0.410 e. The molecular weight excluding hydrogens is 326 g/mol. The van der Waals surface area contributed by atoms with Crippen molar-refractivity contribution >= 4 is 6.09 Å². The van der Waals surface area contributed by atoms with Crippen LogP contribution in [0, 0.1) is 0 Å². The number of aliphatic hydroxyl groups is 1. The summed E-state index contributed by atoms with van der Waals surface area (Å²) in [6.07, 6.45) is 4.30. The van der Waals surface area contributed by atoms with Crippen LogP contribution in [0.15, 0.2) is 60.7 Å². The predicted octanol–water partition coefficient (Wildman–Crippen LogP) is 3.95. The smallest absolute Gasteiger partial charge is 0.410 e. The van der Waals surface area contributed by atoms with E-state index in [9.17, 15) is 9.90 Å².